The van der Waals surface area contributed by atoms with Crippen LogP contribution in [0.4, 0.5) is 0 Å². The molecule has 0 nitrogen and oxygen atoms in total. The average molecular weight is 429 g/mol. The SMILES string of the molecule is CC[Si](CC)(CC)c1ccccc1-c1cc(SC)ccc1[Si](CC)(CC)CC. The second-order valence-electron chi connectivity index (χ2n) is 8.14. The van der Waals surface area contributed by atoms with E-state index >= 15 is 0 Å². The standard InChI is InChI=1S/C25H40SSi2/c1-8-27(9-2,10-3)24-17-15-14-16-22(24)23-20-21(26-7)18-19-25(23)28(11-4,12-5)13-6/h14-20H,8-13H2,1-7H3. The molecule has 0 amide bonds. The van der Waals surface area contributed by atoms with Gasteiger partial charge in [0, 0.05) is 4.90 Å². The van der Waals surface area contributed by atoms with Crippen molar-refractivity contribution in [3.05, 3.63) is 42.5 Å². The van der Waals surface area contributed by atoms with Gasteiger partial charge in [-0.25, -0.2) is 0 Å². The van der Waals surface area contributed by atoms with Crippen molar-refractivity contribution >= 4 is 38.3 Å². The highest BCUT2D eigenvalue weighted by Crippen LogP contribution is 2.32. The molecule has 0 saturated heterocycles. The quantitative estimate of drug-likeness (QED) is 0.279. The minimum Gasteiger partial charge on any atom is -0.130 e. The second kappa shape index (κ2) is 10.3. The predicted octanol–water partition coefficient (Wildman–Crippen LogP) is 7.51. The number of thioether (sulfide) groups is 1. The smallest absolute Gasteiger partial charge is 0.0867 e. The highest BCUT2D eigenvalue weighted by molar-refractivity contribution is 7.98. The van der Waals surface area contributed by atoms with Crippen molar-refractivity contribution in [2.24, 2.45) is 0 Å². The Morgan fingerprint density at radius 3 is 1.54 bits per heavy atom. The molecule has 154 valence electrons. The molecule has 0 atom stereocenters. The lowest BCUT2D eigenvalue weighted by Crippen LogP contribution is -2.49. The summed E-state index contributed by atoms with van der Waals surface area (Å²) in [6.07, 6.45) is 2.21. The van der Waals surface area contributed by atoms with E-state index in [1.54, 1.807) is 21.5 Å². The minimum absolute atomic E-state index is 1.34. The van der Waals surface area contributed by atoms with Crippen LogP contribution in [-0.2, 0) is 0 Å². The highest BCUT2D eigenvalue weighted by atomic mass is 32.2. The first-order chi connectivity index (χ1) is 13.5. The molecule has 0 fully saturated rings. The fourth-order valence-corrected chi connectivity index (χ4v) is 13.3. The molecule has 2 rings (SSSR count). The van der Waals surface area contributed by atoms with Gasteiger partial charge in [0.1, 0.15) is 0 Å². The summed E-state index contributed by atoms with van der Waals surface area (Å²) >= 11 is 1.88. The van der Waals surface area contributed by atoms with Crippen molar-refractivity contribution < 1.29 is 0 Å². The molecule has 0 N–H and O–H groups in total. The summed E-state index contributed by atoms with van der Waals surface area (Å²) < 4.78 is 0. The van der Waals surface area contributed by atoms with Crippen molar-refractivity contribution in [1.82, 2.24) is 0 Å². The van der Waals surface area contributed by atoms with Crippen molar-refractivity contribution in [3.63, 3.8) is 0 Å². The topological polar surface area (TPSA) is 0 Å². The summed E-state index contributed by atoms with van der Waals surface area (Å²) in [6, 6.07) is 24.9. The summed E-state index contributed by atoms with van der Waals surface area (Å²) in [4.78, 5) is 1.40. The van der Waals surface area contributed by atoms with Crippen LogP contribution in [0, 0.1) is 0 Å². The van der Waals surface area contributed by atoms with Gasteiger partial charge in [0.25, 0.3) is 0 Å². The maximum Gasteiger partial charge on any atom is 0.0867 e. The van der Waals surface area contributed by atoms with Crippen molar-refractivity contribution in [2.45, 2.75) is 82.7 Å². The highest BCUT2D eigenvalue weighted by Gasteiger charge is 2.35. The third-order valence-corrected chi connectivity index (χ3v) is 19.7. The van der Waals surface area contributed by atoms with Crippen LogP contribution in [0.15, 0.2) is 47.4 Å². The maximum absolute atomic E-state index is 2.52. The van der Waals surface area contributed by atoms with Crippen molar-refractivity contribution in [2.75, 3.05) is 6.26 Å². The Labute approximate surface area is 180 Å². The van der Waals surface area contributed by atoms with E-state index in [0.29, 0.717) is 0 Å². The number of hydrogen-bond donors (Lipinski definition) is 0. The van der Waals surface area contributed by atoms with E-state index in [1.165, 1.54) is 41.2 Å². The summed E-state index contributed by atoms with van der Waals surface area (Å²) in [5.41, 5.74) is 3.12. The lowest BCUT2D eigenvalue weighted by molar-refractivity contribution is 1.19. The number of benzene rings is 2. The molecule has 0 aliphatic heterocycles. The molecular weight excluding hydrogens is 389 g/mol. The molecule has 0 aliphatic rings. The summed E-state index contributed by atoms with van der Waals surface area (Å²) in [5.74, 6) is 0. The van der Waals surface area contributed by atoms with Gasteiger partial charge < -0.3 is 0 Å². The molecule has 0 aliphatic carbocycles. The van der Waals surface area contributed by atoms with E-state index in [9.17, 15) is 0 Å². The Bertz CT molecular complexity index is 744. The Morgan fingerprint density at radius 1 is 0.607 bits per heavy atom. The molecule has 2 aromatic rings. The zero-order valence-corrected chi connectivity index (χ0v) is 22.0. The molecule has 0 bridgehead atoms. The Kier molecular flexibility index (Phi) is 8.66. The van der Waals surface area contributed by atoms with E-state index in [2.05, 4.69) is 90.3 Å². The molecule has 3 heteroatoms. The number of rotatable bonds is 10. The monoisotopic (exact) mass is 428 g/mol. The van der Waals surface area contributed by atoms with Crippen LogP contribution in [0.25, 0.3) is 11.1 Å². The molecule has 0 radical (unpaired) electrons. The summed E-state index contributed by atoms with van der Waals surface area (Å²) in [5, 5.41) is 3.41. The van der Waals surface area contributed by atoms with Gasteiger partial charge in [-0.05, 0) is 29.5 Å². The van der Waals surface area contributed by atoms with Gasteiger partial charge in [0.15, 0.2) is 0 Å². The first-order valence-corrected chi connectivity index (χ1v) is 17.8. The Morgan fingerprint density at radius 2 is 1.07 bits per heavy atom. The van der Waals surface area contributed by atoms with Gasteiger partial charge in [-0.1, -0.05) is 119 Å². The number of hydrogen-bond acceptors (Lipinski definition) is 1. The molecule has 28 heavy (non-hydrogen) atoms. The largest absolute Gasteiger partial charge is 0.130 e. The lowest BCUT2D eigenvalue weighted by atomic mass is 10.1. The fraction of sp³-hybridized carbons (Fsp3) is 0.520. The van der Waals surface area contributed by atoms with Gasteiger partial charge in [-0.15, -0.1) is 11.8 Å². The third kappa shape index (κ3) is 4.22. The van der Waals surface area contributed by atoms with Gasteiger partial charge in [0.05, 0.1) is 16.1 Å². The molecular formula is C25H40SSi2. The van der Waals surface area contributed by atoms with E-state index in [-0.39, 0.29) is 0 Å². The molecule has 0 spiro atoms. The lowest BCUT2D eigenvalue weighted by Gasteiger charge is -2.35. The third-order valence-electron chi connectivity index (χ3n) is 7.65. The Hall–Kier alpha value is -0.776. The van der Waals surface area contributed by atoms with Crippen LogP contribution < -0.4 is 10.4 Å². The first kappa shape index (κ1) is 23.5. The van der Waals surface area contributed by atoms with Crippen molar-refractivity contribution in [1.29, 1.82) is 0 Å². The van der Waals surface area contributed by atoms with Crippen LogP contribution >= 0.6 is 11.8 Å². The van der Waals surface area contributed by atoms with Crippen LogP contribution in [0.3, 0.4) is 0 Å². The van der Waals surface area contributed by atoms with E-state index < -0.39 is 16.1 Å². The normalized spacial score (nSPS) is 12.4. The summed E-state index contributed by atoms with van der Waals surface area (Å²) in [7, 11) is -2.92. The zero-order valence-electron chi connectivity index (χ0n) is 19.2. The molecule has 2 aromatic carbocycles. The van der Waals surface area contributed by atoms with Crippen LogP contribution in [-0.4, -0.2) is 22.4 Å². The molecule has 0 saturated carbocycles. The molecule has 0 aromatic heterocycles. The minimum atomic E-state index is -1.46. The van der Waals surface area contributed by atoms with Gasteiger partial charge >= 0.3 is 0 Å². The maximum atomic E-state index is 2.52. The average Bonchev–Trinajstić information content (AvgIpc) is 2.77. The van der Waals surface area contributed by atoms with Gasteiger partial charge in [-0.3, -0.25) is 0 Å². The van der Waals surface area contributed by atoms with Crippen LogP contribution in [0.2, 0.25) is 36.3 Å². The van der Waals surface area contributed by atoms with Crippen LogP contribution in [0.5, 0.6) is 0 Å². The molecule has 0 unspecified atom stereocenters. The second-order valence-corrected chi connectivity index (χ2v) is 19.5. The van der Waals surface area contributed by atoms with Crippen molar-refractivity contribution in [3.8, 4) is 11.1 Å². The van der Waals surface area contributed by atoms with E-state index in [4.69, 9.17) is 0 Å². The summed E-state index contributed by atoms with van der Waals surface area (Å²) in [6.45, 7) is 14.6. The van der Waals surface area contributed by atoms with Gasteiger partial charge in [0.2, 0.25) is 0 Å². The van der Waals surface area contributed by atoms with Crippen LogP contribution in [0.1, 0.15) is 41.5 Å². The first-order valence-electron chi connectivity index (χ1n) is 11.3. The van der Waals surface area contributed by atoms with E-state index in [1.807, 2.05) is 11.8 Å². The van der Waals surface area contributed by atoms with E-state index in [0.717, 1.165) is 0 Å². The predicted molar refractivity (Wildman–Crippen MR) is 137 cm³/mol. The molecule has 0 heterocycles. The Balaban J connectivity index is 2.86. The fourth-order valence-electron chi connectivity index (χ4n) is 5.16. The zero-order chi connectivity index (χ0) is 20.8. The van der Waals surface area contributed by atoms with Gasteiger partial charge in [-0.2, -0.15) is 0 Å².